The highest BCUT2D eigenvalue weighted by Gasteiger charge is 2.14. The highest BCUT2D eigenvalue weighted by atomic mass is 32.2. The Morgan fingerprint density at radius 2 is 2.29 bits per heavy atom. The van der Waals surface area contributed by atoms with Crippen molar-refractivity contribution < 1.29 is 4.79 Å². The summed E-state index contributed by atoms with van der Waals surface area (Å²) in [6.07, 6.45) is 0. The second kappa shape index (κ2) is 5.64. The number of aromatic amines is 1. The van der Waals surface area contributed by atoms with Crippen LogP contribution in [0.25, 0.3) is 0 Å². The van der Waals surface area contributed by atoms with Gasteiger partial charge < -0.3 is 11.1 Å². The van der Waals surface area contributed by atoms with Gasteiger partial charge in [-0.1, -0.05) is 11.8 Å². The van der Waals surface area contributed by atoms with Crippen LogP contribution < -0.4 is 22.2 Å². The fourth-order valence-corrected chi connectivity index (χ4v) is 2.09. The molecule has 1 rings (SSSR count). The number of hydrogen-bond donors (Lipinski definition) is 3. The molecule has 0 aliphatic carbocycles. The zero-order valence-electron chi connectivity index (χ0n) is 9.39. The van der Waals surface area contributed by atoms with Gasteiger partial charge in [0.05, 0.1) is 6.04 Å². The van der Waals surface area contributed by atoms with Crippen molar-refractivity contribution in [1.82, 2.24) is 20.1 Å². The summed E-state index contributed by atoms with van der Waals surface area (Å²) >= 11 is 1.15. The fraction of sp³-hybridized carbons (Fsp3) is 0.500. The number of aryl methyl sites for hydroxylation is 1. The van der Waals surface area contributed by atoms with E-state index in [1.54, 1.807) is 14.1 Å². The monoisotopic (exact) mass is 259 g/mol. The van der Waals surface area contributed by atoms with E-state index in [2.05, 4.69) is 15.4 Å². The molecule has 0 bridgehead atoms. The number of nitrogens with two attached hydrogens (primary N) is 1. The maximum Gasteiger partial charge on any atom is 0.339 e. The highest BCUT2D eigenvalue weighted by Crippen LogP contribution is 2.12. The van der Waals surface area contributed by atoms with E-state index >= 15 is 0 Å². The molecule has 0 aromatic carbocycles. The first-order valence-electron chi connectivity index (χ1n) is 4.72. The van der Waals surface area contributed by atoms with E-state index in [4.69, 9.17) is 5.73 Å². The molecule has 17 heavy (non-hydrogen) atoms. The second-order valence-corrected chi connectivity index (χ2v) is 4.24. The van der Waals surface area contributed by atoms with Crippen molar-refractivity contribution in [3.8, 4) is 0 Å². The van der Waals surface area contributed by atoms with Gasteiger partial charge >= 0.3 is 11.1 Å². The third-order valence-corrected chi connectivity index (χ3v) is 3.14. The number of nitrogens with zero attached hydrogens (tertiary/aromatic N) is 2. The van der Waals surface area contributed by atoms with Crippen molar-refractivity contribution in [2.75, 3.05) is 12.8 Å². The standard InChI is InChI=1S/C8H13N5O3S/c1-10-4(5(9)14)3-17-8-11-6(15)7(16)12-13(8)2/h4,10H,3H2,1-2H3,(H2,9,14)(H,12,16). The van der Waals surface area contributed by atoms with Crippen molar-refractivity contribution in [3.05, 3.63) is 20.7 Å². The maximum atomic E-state index is 11.1. The molecule has 1 aromatic rings. The van der Waals surface area contributed by atoms with E-state index in [9.17, 15) is 14.4 Å². The molecule has 0 aliphatic rings. The second-order valence-electron chi connectivity index (χ2n) is 3.25. The number of carbonyl (C=O) groups is 1. The van der Waals surface area contributed by atoms with Crippen molar-refractivity contribution in [2.24, 2.45) is 12.8 Å². The minimum atomic E-state index is -0.856. The molecule has 1 heterocycles. The van der Waals surface area contributed by atoms with Crippen LogP contribution in [0.2, 0.25) is 0 Å². The summed E-state index contributed by atoms with van der Waals surface area (Å²) < 4.78 is 1.32. The summed E-state index contributed by atoms with van der Waals surface area (Å²) in [7, 11) is 3.16. The van der Waals surface area contributed by atoms with Crippen LogP contribution in [0, 0.1) is 0 Å². The van der Waals surface area contributed by atoms with Gasteiger partial charge in [0.1, 0.15) is 0 Å². The number of H-pyrrole nitrogens is 1. The Hall–Kier alpha value is -1.61. The van der Waals surface area contributed by atoms with E-state index < -0.39 is 23.1 Å². The Bertz CT molecular complexity index is 523. The molecule has 1 atom stereocenters. The third kappa shape index (κ3) is 3.43. The predicted molar refractivity (Wildman–Crippen MR) is 62.9 cm³/mol. The molecule has 9 heteroatoms. The zero-order chi connectivity index (χ0) is 13.0. The van der Waals surface area contributed by atoms with Gasteiger partial charge in [-0.05, 0) is 7.05 Å². The molecular weight excluding hydrogens is 246 g/mol. The van der Waals surface area contributed by atoms with Crippen LogP contribution in [0.15, 0.2) is 14.7 Å². The highest BCUT2D eigenvalue weighted by molar-refractivity contribution is 7.99. The largest absolute Gasteiger partial charge is 0.368 e. The lowest BCUT2D eigenvalue weighted by atomic mass is 10.3. The van der Waals surface area contributed by atoms with Crippen molar-refractivity contribution in [1.29, 1.82) is 0 Å². The molecular formula is C8H13N5O3S. The normalized spacial score (nSPS) is 12.4. The van der Waals surface area contributed by atoms with E-state index in [0.29, 0.717) is 10.9 Å². The zero-order valence-corrected chi connectivity index (χ0v) is 10.2. The Kier molecular flexibility index (Phi) is 4.46. The Morgan fingerprint density at radius 1 is 1.65 bits per heavy atom. The lowest BCUT2D eigenvalue weighted by Crippen LogP contribution is -2.41. The van der Waals surface area contributed by atoms with Crippen LogP contribution in [0.1, 0.15) is 0 Å². The number of rotatable bonds is 5. The molecule has 0 fully saturated rings. The van der Waals surface area contributed by atoms with E-state index in [0.717, 1.165) is 11.8 Å². The first-order chi connectivity index (χ1) is 7.95. The van der Waals surface area contributed by atoms with Gasteiger partial charge in [0.15, 0.2) is 5.16 Å². The molecule has 0 spiro atoms. The number of amides is 1. The number of primary amides is 1. The Labute approximate surface area is 101 Å². The Balaban J connectivity index is 2.83. The molecule has 1 amide bonds. The summed E-state index contributed by atoms with van der Waals surface area (Å²) in [5.74, 6) is -0.174. The number of aromatic nitrogens is 3. The quantitative estimate of drug-likeness (QED) is 0.401. The summed E-state index contributed by atoms with van der Waals surface area (Å²) in [5.41, 5.74) is 3.51. The van der Waals surface area contributed by atoms with Gasteiger partial charge in [-0.15, -0.1) is 0 Å². The Morgan fingerprint density at radius 3 is 2.82 bits per heavy atom. The lowest BCUT2D eigenvalue weighted by molar-refractivity contribution is -0.119. The van der Waals surface area contributed by atoms with Gasteiger partial charge in [-0.25, -0.2) is 0 Å². The van der Waals surface area contributed by atoms with Crippen LogP contribution in [0.5, 0.6) is 0 Å². The number of nitrogens with one attached hydrogen (secondary N) is 2. The summed E-state index contributed by atoms with van der Waals surface area (Å²) in [4.78, 5) is 36.5. The minimum absolute atomic E-state index is 0.316. The summed E-state index contributed by atoms with van der Waals surface area (Å²) in [5, 5.41) is 5.36. The maximum absolute atomic E-state index is 11.1. The van der Waals surface area contributed by atoms with Gasteiger partial charge in [-0.3, -0.25) is 24.2 Å². The summed E-state index contributed by atoms with van der Waals surface area (Å²) in [6, 6.07) is -0.524. The van der Waals surface area contributed by atoms with Gasteiger partial charge in [0.25, 0.3) is 0 Å². The van der Waals surface area contributed by atoms with E-state index in [1.807, 2.05) is 0 Å². The van der Waals surface area contributed by atoms with Crippen LogP contribution in [0.3, 0.4) is 0 Å². The topological polar surface area (TPSA) is 123 Å². The molecule has 0 radical (unpaired) electrons. The van der Waals surface area contributed by atoms with E-state index in [-0.39, 0.29) is 0 Å². The number of thioether (sulfide) groups is 1. The molecule has 94 valence electrons. The molecule has 1 unspecified atom stereocenters. The summed E-state index contributed by atoms with van der Waals surface area (Å²) in [6.45, 7) is 0. The van der Waals surface area contributed by atoms with Crippen LogP contribution in [0.4, 0.5) is 0 Å². The van der Waals surface area contributed by atoms with Crippen molar-refractivity contribution in [2.45, 2.75) is 11.2 Å². The molecule has 1 aromatic heterocycles. The molecule has 0 saturated carbocycles. The number of likely N-dealkylation sites (N-methyl/N-ethyl adjacent to an activating group) is 1. The number of carbonyl (C=O) groups excluding carboxylic acids is 1. The molecule has 8 nitrogen and oxygen atoms in total. The number of hydrogen-bond acceptors (Lipinski definition) is 6. The first-order valence-corrected chi connectivity index (χ1v) is 5.71. The predicted octanol–water partition coefficient (Wildman–Crippen LogP) is -2.37. The van der Waals surface area contributed by atoms with Crippen LogP contribution >= 0.6 is 11.8 Å². The molecule has 0 saturated heterocycles. The van der Waals surface area contributed by atoms with Gasteiger partial charge in [0.2, 0.25) is 5.91 Å². The SMILES string of the molecule is CNC(CSc1nc(=O)c(=O)[nH]n1C)C(N)=O. The van der Waals surface area contributed by atoms with Crippen molar-refractivity contribution in [3.63, 3.8) is 0 Å². The third-order valence-electron chi connectivity index (χ3n) is 2.02. The van der Waals surface area contributed by atoms with Gasteiger partial charge in [-0.2, -0.15) is 4.98 Å². The molecule has 4 N–H and O–H groups in total. The lowest BCUT2D eigenvalue weighted by Gasteiger charge is -2.12. The van der Waals surface area contributed by atoms with Gasteiger partial charge in [0, 0.05) is 12.8 Å². The average molecular weight is 259 g/mol. The fourth-order valence-electron chi connectivity index (χ4n) is 1.06. The molecule has 0 aliphatic heterocycles. The van der Waals surface area contributed by atoms with Crippen molar-refractivity contribution >= 4 is 17.7 Å². The van der Waals surface area contributed by atoms with Crippen LogP contribution in [-0.2, 0) is 11.8 Å². The minimum Gasteiger partial charge on any atom is -0.368 e. The smallest absolute Gasteiger partial charge is 0.339 e. The average Bonchev–Trinajstić information content (AvgIpc) is 2.25. The van der Waals surface area contributed by atoms with E-state index in [1.165, 1.54) is 4.68 Å². The van der Waals surface area contributed by atoms with Crippen LogP contribution in [-0.4, -0.2) is 39.5 Å². The first kappa shape index (κ1) is 13.5.